The van der Waals surface area contributed by atoms with Crippen molar-refractivity contribution in [1.82, 2.24) is 9.80 Å². The number of halogens is 3. The van der Waals surface area contributed by atoms with E-state index in [-0.39, 0.29) is 11.6 Å². The number of benzene rings is 3. The van der Waals surface area contributed by atoms with Crippen LogP contribution in [0, 0.1) is 15.2 Å². The van der Waals surface area contributed by atoms with Crippen molar-refractivity contribution in [2.75, 3.05) is 56.4 Å². The SMILES string of the molecule is Nc1ccc(CCN2CCN(CCCN(c3ccc(F)cc3)c3ccc(F)cc3)CC2)cc1[125I]. The standard InChI is InChI=1S/C27H31F2IN4/c28-22-3-7-24(8-4-22)34(25-9-5-23(29)6-10-25)14-1-13-32-16-18-33(19-17-32)15-12-21-2-11-27(31)26(30)20-21/h2-11,20H,1,12-19,31H2/i30-2. The van der Waals surface area contributed by atoms with Gasteiger partial charge in [-0.25, -0.2) is 8.78 Å². The number of hydrogen-bond donors (Lipinski definition) is 1. The lowest BCUT2D eigenvalue weighted by atomic mass is 10.1. The maximum Gasteiger partial charge on any atom is 0.123 e. The number of nitrogens with two attached hydrogens (primary N) is 1. The van der Waals surface area contributed by atoms with Gasteiger partial charge in [0, 0.05) is 59.9 Å². The molecular formula is C27H31F2IN4. The maximum atomic E-state index is 13.4. The van der Waals surface area contributed by atoms with Crippen LogP contribution in [0.1, 0.15) is 12.0 Å². The van der Waals surface area contributed by atoms with E-state index in [2.05, 4.69) is 49.4 Å². The van der Waals surface area contributed by atoms with Crippen molar-refractivity contribution in [3.05, 3.63) is 87.5 Å². The zero-order chi connectivity index (χ0) is 23.9. The van der Waals surface area contributed by atoms with Gasteiger partial charge in [-0.1, -0.05) is 6.07 Å². The molecular weight excluding hydrogens is 543 g/mol. The molecule has 34 heavy (non-hydrogen) atoms. The van der Waals surface area contributed by atoms with Crippen molar-refractivity contribution in [1.29, 1.82) is 0 Å². The van der Waals surface area contributed by atoms with Crippen LogP contribution in [0.4, 0.5) is 25.8 Å². The molecule has 1 saturated heterocycles. The molecule has 1 heterocycles. The van der Waals surface area contributed by atoms with Crippen LogP contribution in [0.2, 0.25) is 0 Å². The van der Waals surface area contributed by atoms with E-state index in [1.807, 2.05) is 6.07 Å². The van der Waals surface area contributed by atoms with Gasteiger partial charge in [0.05, 0.1) is 0 Å². The van der Waals surface area contributed by atoms with Crippen LogP contribution in [0.15, 0.2) is 66.7 Å². The second-order valence-corrected chi connectivity index (χ2v) is 9.91. The van der Waals surface area contributed by atoms with E-state index in [9.17, 15) is 8.78 Å². The number of piperazine rings is 1. The van der Waals surface area contributed by atoms with E-state index in [0.29, 0.717) is 0 Å². The van der Waals surface area contributed by atoms with Crippen LogP contribution in [0.25, 0.3) is 0 Å². The van der Waals surface area contributed by atoms with Crippen LogP contribution < -0.4 is 10.6 Å². The van der Waals surface area contributed by atoms with Crippen molar-refractivity contribution in [3.63, 3.8) is 0 Å². The number of rotatable bonds is 9. The summed E-state index contributed by atoms with van der Waals surface area (Å²) in [5.41, 5.74) is 9.93. The van der Waals surface area contributed by atoms with Gasteiger partial charge in [0.2, 0.25) is 0 Å². The minimum Gasteiger partial charge on any atom is -0.398 e. The molecule has 3 aromatic carbocycles. The van der Waals surface area contributed by atoms with Gasteiger partial charge in [-0.15, -0.1) is 0 Å². The van der Waals surface area contributed by atoms with Crippen LogP contribution in [-0.2, 0) is 6.42 Å². The molecule has 0 spiro atoms. The predicted octanol–water partition coefficient (Wildman–Crippen LogP) is 5.54. The first-order valence-electron chi connectivity index (χ1n) is 11.8. The smallest absolute Gasteiger partial charge is 0.123 e. The van der Waals surface area contributed by atoms with Gasteiger partial charge < -0.3 is 20.4 Å². The first-order chi connectivity index (χ1) is 16.5. The third kappa shape index (κ3) is 6.90. The predicted molar refractivity (Wildman–Crippen MR) is 145 cm³/mol. The Balaban J connectivity index is 1.25. The topological polar surface area (TPSA) is 35.7 Å². The van der Waals surface area contributed by atoms with E-state index in [4.69, 9.17) is 5.73 Å². The second-order valence-electron chi connectivity index (χ2n) is 8.75. The van der Waals surface area contributed by atoms with Gasteiger partial charge in [0.25, 0.3) is 0 Å². The Morgan fingerprint density at radius 3 is 1.82 bits per heavy atom. The quantitative estimate of drug-likeness (QED) is 0.269. The molecule has 0 radical (unpaired) electrons. The van der Waals surface area contributed by atoms with Crippen molar-refractivity contribution in [2.45, 2.75) is 12.8 Å². The molecule has 0 aliphatic carbocycles. The highest BCUT2D eigenvalue weighted by atomic mass is 125. The van der Waals surface area contributed by atoms with Crippen molar-refractivity contribution < 1.29 is 8.78 Å². The Kier molecular flexibility index (Phi) is 8.74. The fourth-order valence-electron chi connectivity index (χ4n) is 4.35. The largest absolute Gasteiger partial charge is 0.398 e. The van der Waals surface area contributed by atoms with E-state index >= 15 is 0 Å². The average molecular weight is 574 g/mol. The lowest BCUT2D eigenvalue weighted by molar-refractivity contribution is 0.133. The monoisotopic (exact) mass is 574 g/mol. The summed E-state index contributed by atoms with van der Waals surface area (Å²) in [7, 11) is 0. The average Bonchev–Trinajstić information content (AvgIpc) is 2.85. The summed E-state index contributed by atoms with van der Waals surface area (Å²) >= 11 is 2.29. The van der Waals surface area contributed by atoms with Gasteiger partial charge in [-0.2, -0.15) is 0 Å². The van der Waals surface area contributed by atoms with Crippen LogP contribution in [0.5, 0.6) is 0 Å². The van der Waals surface area contributed by atoms with E-state index < -0.39 is 0 Å². The van der Waals surface area contributed by atoms with Crippen molar-refractivity contribution in [3.8, 4) is 0 Å². The fourth-order valence-corrected chi connectivity index (χ4v) is 4.93. The Morgan fingerprint density at radius 1 is 0.765 bits per heavy atom. The minimum absolute atomic E-state index is 0.258. The third-order valence-electron chi connectivity index (χ3n) is 6.38. The molecule has 0 saturated carbocycles. The highest BCUT2D eigenvalue weighted by Crippen LogP contribution is 2.26. The first kappa shape index (κ1) is 24.9. The second kappa shape index (κ2) is 12.0. The van der Waals surface area contributed by atoms with Crippen molar-refractivity contribution in [2.24, 2.45) is 0 Å². The maximum absolute atomic E-state index is 13.4. The highest BCUT2D eigenvalue weighted by Gasteiger charge is 2.17. The molecule has 0 atom stereocenters. The van der Waals surface area contributed by atoms with Crippen LogP contribution >= 0.6 is 22.6 Å². The molecule has 3 aromatic rings. The van der Waals surface area contributed by atoms with Gasteiger partial charge >= 0.3 is 0 Å². The minimum atomic E-state index is -0.258. The summed E-state index contributed by atoms with van der Waals surface area (Å²) in [6, 6.07) is 19.3. The molecule has 0 bridgehead atoms. The van der Waals surface area contributed by atoms with Crippen molar-refractivity contribution >= 4 is 39.7 Å². The molecule has 0 aromatic heterocycles. The normalized spacial score (nSPS) is 14.9. The van der Waals surface area contributed by atoms with E-state index in [0.717, 1.165) is 79.3 Å². The molecule has 2 N–H and O–H groups in total. The van der Waals surface area contributed by atoms with Gasteiger partial charge in [-0.05, 0) is 108 Å². The molecule has 1 fully saturated rings. The first-order valence-corrected chi connectivity index (χ1v) is 12.8. The summed E-state index contributed by atoms with van der Waals surface area (Å²) < 4.78 is 28.0. The number of anilines is 3. The van der Waals surface area contributed by atoms with Crippen LogP contribution in [0.3, 0.4) is 0 Å². The molecule has 0 unspecified atom stereocenters. The number of nitrogens with zero attached hydrogens (tertiary/aromatic N) is 3. The lowest BCUT2D eigenvalue weighted by Gasteiger charge is -2.35. The third-order valence-corrected chi connectivity index (χ3v) is 7.31. The zero-order valence-electron chi connectivity index (χ0n) is 19.3. The molecule has 0 amide bonds. The molecule has 1 aliphatic heterocycles. The van der Waals surface area contributed by atoms with E-state index in [1.54, 1.807) is 24.3 Å². The summed E-state index contributed by atoms with van der Waals surface area (Å²) in [6.45, 7) is 7.13. The molecule has 7 heteroatoms. The van der Waals surface area contributed by atoms with Gasteiger partial charge in [0.15, 0.2) is 0 Å². The van der Waals surface area contributed by atoms with Gasteiger partial charge in [0.1, 0.15) is 11.6 Å². The Labute approximate surface area is 214 Å². The molecule has 180 valence electrons. The van der Waals surface area contributed by atoms with E-state index in [1.165, 1.54) is 29.8 Å². The molecule has 1 aliphatic rings. The summed E-state index contributed by atoms with van der Waals surface area (Å²) in [4.78, 5) is 7.17. The summed E-state index contributed by atoms with van der Waals surface area (Å²) in [6.07, 6.45) is 2.01. The molecule has 4 rings (SSSR count). The fraction of sp³-hybridized carbons (Fsp3) is 0.333. The summed E-state index contributed by atoms with van der Waals surface area (Å²) in [5, 5.41) is 0. The van der Waals surface area contributed by atoms with Crippen LogP contribution in [-0.4, -0.2) is 55.6 Å². The summed E-state index contributed by atoms with van der Waals surface area (Å²) in [5.74, 6) is -0.515. The highest BCUT2D eigenvalue weighted by molar-refractivity contribution is 14.1. The number of hydrogen-bond acceptors (Lipinski definition) is 4. The Hall–Kier alpha value is -2.23. The number of nitrogen functional groups attached to an aromatic ring is 1. The molecule has 4 nitrogen and oxygen atoms in total. The Bertz CT molecular complexity index is 1010. The van der Waals surface area contributed by atoms with Gasteiger partial charge in [-0.3, -0.25) is 0 Å². The lowest BCUT2D eigenvalue weighted by Crippen LogP contribution is -2.47. The Morgan fingerprint density at radius 2 is 1.29 bits per heavy atom. The zero-order valence-corrected chi connectivity index (χ0v) is 21.4.